The molecule has 2 aromatic rings. The van der Waals surface area contributed by atoms with Crippen molar-refractivity contribution < 1.29 is 5.11 Å². The SMILES string of the molecule is C=CCn1cc(CO)c2ccccc21. The summed E-state index contributed by atoms with van der Waals surface area (Å²) in [6.45, 7) is 4.58. The molecule has 0 saturated carbocycles. The van der Waals surface area contributed by atoms with E-state index in [9.17, 15) is 5.11 Å². The maximum absolute atomic E-state index is 9.18. The molecule has 0 saturated heterocycles. The molecule has 1 N–H and O–H groups in total. The van der Waals surface area contributed by atoms with Gasteiger partial charge in [-0.15, -0.1) is 6.58 Å². The van der Waals surface area contributed by atoms with Gasteiger partial charge in [-0.1, -0.05) is 24.3 Å². The van der Waals surface area contributed by atoms with Crippen molar-refractivity contribution in [3.8, 4) is 0 Å². The minimum atomic E-state index is 0.0880. The van der Waals surface area contributed by atoms with Crippen LogP contribution in [0.2, 0.25) is 0 Å². The first-order chi connectivity index (χ1) is 6.86. The van der Waals surface area contributed by atoms with Crippen LogP contribution >= 0.6 is 0 Å². The van der Waals surface area contributed by atoms with Crippen molar-refractivity contribution in [2.45, 2.75) is 13.2 Å². The van der Waals surface area contributed by atoms with E-state index in [1.54, 1.807) is 0 Å². The monoisotopic (exact) mass is 187 g/mol. The quantitative estimate of drug-likeness (QED) is 0.733. The van der Waals surface area contributed by atoms with Crippen molar-refractivity contribution in [3.05, 3.63) is 48.7 Å². The van der Waals surface area contributed by atoms with Gasteiger partial charge in [0.25, 0.3) is 0 Å². The van der Waals surface area contributed by atoms with E-state index >= 15 is 0 Å². The fourth-order valence-corrected chi connectivity index (χ4v) is 1.74. The van der Waals surface area contributed by atoms with Gasteiger partial charge < -0.3 is 9.67 Å². The highest BCUT2D eigenvalue weighted by Gasteiger charge is 2.04. The van der Waals surface area contributed by atoms with Crippen LogP contribution in [0, 0.1) is 0 Å². The number of hydrogen-bond acceptors (Lipinski definition) is 1. The Morgan fingerprint density at radius 3 is 2.86 bits per heavy atom. The van der Waals surface area contributed by atoms with Crippen molar-refractivity contribution in [3.63, 3.8) is 0 Å². The molecule has 2 nitrogen and oxygen atoms in total. The van der Waals surface area contributed by atoms with E-state index in [0.717, 1.165) is 23.0 Å². The third-order valence-electron chi connectivity index (χ3n) is 2.37. The molecule has 0 amide bonds. The van der Waals surface area contributed by atoms with Crippen LogP contribution in [0.4, 0.5) is 0 Å². The number of nitrogens with zero attached hydrogens (tertiary/aromatic N) is 1. The second-order valence-corrected chi connectivity index (χ2v) is 3.27. The Morgan fingerprint density at radius 1 is 1.36 bits per heavy atom. The number of para-hydroxylation sites is 1. The first kappa shape index (κ1) is 9.03. The van der Waals surface area contributed by atoms with Crippen LogP contribution in [0.25, 0.3) is 10.9 Å². The van der Waals surface area contributed by atoms with E-state index in [1.807, 2.05) is 30.5 Å². The Balaban J connectivity index is 2.66. The summed E-state index contributed by atoms with van der Waals surface area (Å²) < 4.78 is 2.09. The van der Waals surface area contributed by atoms with Gasteiger partial charge >= 0.3 is 0 Å². The van der Waals surface area contributed by atoms with E-state index in [1.165, 1.54) is 0 Å². The Morgan fingerprint density at radius 2 is 2.14 bits per heavy atom. The van der Waals surface area contributed by atoms with Crippen LogP contribution in [0.5, 0.6) is 0 Å². The Hall–Kier alpha value is -1.54. The number of aliphatic hydroxyl groups excluding tert-OH is 1. The topological polar surface area (TPSA) is 25.2 Å². The van der Waals surface area contributed by atoms with Gasteiger partial charge in [-0.25, -0.2) is 0 Å². The lowest BCUT2D eigenvalue weighted by atomic mass is 10.2. The summed E-state index contributed by atoms with van der Waals surface area (Å²) in [4.78, 5) is 0. The maximum Gasteiger partial charge on any atom is 0.0702 e. The summed E-state index contributed by atoms with van der Waals surface area (Å²) in [5.41, 5.74) is 2.12. The lowest BCUT2D eigenvalue weighted by Gasteiger charge is -1.98. The van der Waals surface area contributed by atoms with Gasteiger partial charge in [-0.05, 0) is 6.07 Å². The van der Waals surface area contributed by atoms with Crippen LogP contribution in [0.15, 0.2) is 43.1 Å². The summed E-state index contributed by atoms with van der Waals surface area (Å²) >= 11 is 0. The molecule has 0 radical (unpaired) electrons. The second kappa shape index (κ2) is 3.68. The Bertz CT molecular complexity index is 456. The molecule has 72 valence electrons. The highest BCUT2D eigenvalue weighted by atomic mass is 16.3. The molecule has 2 heteroatoms. The molecule has 14 heavy (non-hydrogen) atoms. The van der Waals surface area contributed by atoms with Crippen molar-refractivity contribution in [2.24, 2.45) is 0 Å². The molecular formula is C12H13NO. The smallest absolute Gasteiger partial charge is 0.0702 e. The minimum absolute atomic E-state index is 0.0880. The fourth-order valence-electron chi connectivity index (χ4n) is 1.74. The number of allylic oxidation sites excluding steroid dienone is 1. The summed E-state index contributed by atoms with van der Waals surface area (Å²) in [6.07, 6.45) is 3.83. The first-order valence-corrected chi connectivity index (χ1v) is 4.65. The average Bonchev–Trinajstić information content (AvgIpc) is 2.58. The van der Waals surface area contributed by atoms with Crippen LogP contribution in [0.3, 0.4) is 0 Å². The molecule has 0 aliphatic heterocycles. The molecule has 1 aromatic heterocycles. The fraction of sp³-hybridized carbons (Fsp3) is 0.167. The molecule has 0 atom stereocenters. The zero-order chi connectivity index (χ0) is 9.97. The lowest BCUT2D eigenvalue weighted by Crippen LogP contribution is -1.91. The van der Waals surface area contributed by atoms with E-state index < -0.39 is 0 Å². The highest BCUT2D eigenvalue weighted by molar-refractivity contribution is 5.83. The number of benzene rings is 1. The molecule has 0 aliphatic rings. The summed E-state index contributed by atoms with van der Waals surface area (Å²) in [5, 5.41) is 10.3. The largest absolute Gasteiger partial charge is 0.392 e. The highest BCUT2D eigenvalue weighted by Crippen LogP contribution is 2.21. The third-order valence-corrected chi connectivity index (χ3v) is 2.37. The van der Waals surface area contributed by atoms with Crippen LogP contribution < -0.4 is 0 Å². The van der Waals surface area contributed by atoms with Crippen molar-refractivity contribution in [1.29, 1.82) is 0 Å². The Kier molecular flexibility index (Phi) is 2.37. The Labute approximate surface area is 83.1 Å². The molecule has 0 spiro atoms. The van der Waals surface area contributed by atoms with Gasteiger partial charge in [0.2, 0.25) is 0 Å². The predicted molar refractivity (Wildman–Crippen MR) is 58.1 cm³/mol. The zero-order valence-electron chi connectivity index (χ0n) is 7.98. The van der Waals surface area contributed by atoms with Gasteiger partial charge in [-0.3, -0.25) is 0 Å². The normalized spacial score (nSPS) is 10.6. The van der Waals surface area contributed by atoms with E-state index in [-0.39, 0.29) is 6.61 Å². The number of aromatic nitrogens is 1. The van der Waals surface area contributed by atoms with E-state index in [4.69, 9.17) is 0 Å². The third kappa shape index (κ3) is 1.34. The molecule has 0 aliphatic carbocycles. The second-order valence-electron chi connectivity index (χ2n) is 3.27. The molecule has 0 fully saturated rings. The van der Waals surface area contributed by atoms with Crippen LogP contribution in [0.1, 0.15) is 5.56 Å². The van der Waals surface area contributed by atoms with Crippen LogP contribution in [-0.2, 0) is 13.2 Å². The van der Waals surface area contributed by atoms with Crippen molar-refractivity contribution >= 4 is 10.9 Å². The molecule has 0 unspecified atom stereocenters. The minimum Gasteiger partial charge on any atom is -0.392 e. The van der Waals surface area contributed by atoms with Gasteiger partial charge in [-0.2, -0.15) is 0 Å². The van der Waals surface area contributed by atoms with E-state index in [0.29, 0.717) is 0 Å². The standard InChI is InChI=1S/C12H13NO/c1-2-7-13-8-10(9-14)11-5-3-4-6-12(11)13/h2-6,8,14H,1,7,9H2. The molecular weight excluding hydrogens is 174 g/mol. The van der Waals surface area contributed by atoms with Gasteiger partial charge in [0.1, 0.15) is 0 Å². The molecule has 2 rings (SSSR count). The number of hydrogen-bond donors (Lipinski definition) is 1. The van der Waals surface area contributed by atoms with Gasteiger partial charge in [0.15, 0.2) is 0 Å². The van der Waals surface area contributed by atoms with Gasteiger partial charge in [0.05, 0.1) is 6.61 Å². The zero-order valence-corrected chi connectivity index (χ0v) is 7.98. The van der Waals surface area contributed by atoms with Crippen molar-refractivity contribution in [1.82, 2.24) is 4.57 Å². The summed E-state index contributed by atoms with van der Waals surface area (Å²) in [7, 11) is 0. The predicted octanol–water partition coefficient (Wildman–Crippen LogP) is 2.32. The maximum atomic E-state index is 9.18. The molecule has 1 aromatic carbocycles. The van der Waals surface area contributed by atoms with Crippen molar-refractivity contribution in [2.75, 3.05) is 0 Å². The summed E-state index contributed by atoms with van der Waals surface area (Å²) in [6, 6.07) is 8.07. The molecule has 1 heterocycles. The van der Waals surface area contributed by atoms with E-state index in [2.05, 4.69) is 17.2 Å². The van der Waals surface area contributed by atoms with Crippen LogP contribution in [-0.4, -0.2) is 9.67 Å². The van der Waals surface area contributed by atoms with Gasteiger partial charge in [0, 0.05) is 29.2 Å². The first-order valence-electron chi connectivity index (χ1n) is 4.65. The summed E-state index contributed by atoms with van der Waals surface area (Å²) in [5.74, 6) is 0. The molecule has 0 bridgehead atoms. The average molecular weight is 187 g/mol. The lowest BCUT2D eigenvalue weighted by molar-refractivity contribution is 0.283. The number of rotatable bonds is 3. The number of aliphatic hydroxyl groups is 1. The number of fused-ring (bicyclic) bond motifs is 1.